The zero-order valence-corrected chi connectivity index (χ0v) is 17.6. The van der Waals surface area contributed by atoms with E-state index >= 15 is 0 Å². The van der Waals surface area contributed by atoms with Crippen molar-refractivity contribution in [1.82, 2.24) is 0 Å². The van der Waals surface area contributed by atoms with Gasteiger partial charge in [0.2, 0.25) is 11.8 Å². The quantitative estimate of drug-likeness (QED) is 0.598. The van der Waals surface area contributed by atoms with Gasteiger partial charge in [-0.25, -0.2) is 4.79 Å². The molecule has 0 radical (unpaired) electrons. The minimum Gasteiger partial charge on any atom is -0.478 e. The smallest absolute Gasteiger partial charge is 0.416 e. The number of thioether (sulfide) groups is 1. The van der Waals surface area contributed by atoms with Crippen LogP contribution in [0.1, 0.15) is 45.6 Å². The first-order valence-electron chi connectivity index (χ1n) is 9.50. The molecule has 6 nitrogen and oxygen atoms in total. The minimum absolute atomic E-state index is 0.0561. The number of halogens is 3. The van der Waals surface area contributed by atoms with Crippen LogP contribution in [-0.2, 0) is 28.6 Å². The van der Waals surface area contributed by atoms with Gasteiger partial charge in [-0.1, -0.05) is 0 Å². The van der Waals surface area contributed by atoms with Crippen LogP contribution in [0.4, 0.5) is 23.9 Å². The van der Waals surface area contributed by atoms with Gasteiger partial charge in [0.15, 0.2) is 0 Å². The summed E-state index contributed by atoms with van der Waals surface area (Å²) in [5.41, 5.74) is 0.0591. The summed E-state index contributed by atoms with van der Waals surface area (Å²) < 4.78 is 38.6. The number of anilines is 2. The van der Waals surface area contributed by atoms with Crippen LogP contribution in [-0.4, -0.2) is 28.1 Å². The third-order valence-electron chi connectivity index (χ3n) is 5.14. The fourth-order valence-electron chi connectivity index (χ4n) is 3.69. The molecule has 1 unspecified atom stereocenters. The Balaban J connectivity index is 1.48. The van der Waals surface area contributed by atoms with Crippen molar-refractivity contribution >= 4 is 51.6 Å². The second-order valence-electron chi connectivity index (χ2n) is 7.28. The second kappa shape index (κ2) is 8.19. The number of hydrogen-bond acceptors (Lipinski definition) is 5. The highest BCUT2D eigenvalue weighted by Gasteiger charge is 2.35. The molecule has 1 aliphatic heterocycles. The van der Waals surface area contributed by atoms with Crippen LogP contribution in [0.2, 0.25) is 0 Å². The first kappa shape index (κ1) is 21.7. The maximum Gasteiger partial charge on any atom is 0.416 e. The summed E-state index contributed by atoms with van der Waals surface area (Å²) in [5, 5.41) is 14.1. The molecule has 4 rings (SSSR count). The number of carbonyl (C=O) groups excluding carboxylic acids is 2. The normalized spacial score (nSPS) is 18.0. The lowest BCUT2D eigenvalue weighted by Gasteiger charge is -2.24. The molecule has 0 spiro atoms. The first-order chi connectivity index (χ1) is 14.6. The summed E-state index contributed by atoms with van der Waals surface area (Å²) in [4.78, 5) is 38.0. The number of carboxylic acids is 1. The van der Waals surface area contributed by atoms with Crippen LogP contribution in [0.5, 0.6) is 0 Å². The first-order valence-corrected chi connectivity index (χ1v) is 11.2. The fraction of sp³-hybridized carbons (Fsp3) is 0.350. The van der Waals surface area contributed by atoms with Gasteiger partial charge in [0.25, 0.3) is 0 Å². The monoisotopic (exact) mass is 470 g/mol. The Morgan fingerprint density at radius 1 is 1.23 bits per heavy atom. The van der Waals surface area contributed by atoms with Gasteiger partial charge in [-0.05, 0) is 49.4 Å². The van der Waals surface area contributed by atoms with E-state index in [0.717, 1.165) is 53.6 Å². The van der Waals surface area contributed by atoms with E-state index in [2.05, 4.69) is 10.6 Å². The molecule has 1 atom stereocenters. The molecule has 1 aromatic heterocycles. The van der Waals surface area contributed by atoms with E-state index in [4.69, 9.17) is 0 Å². The number of nitrogens with one attached hydrogen (secondary N) is 2. The fourth-order valence-corrected chi connectivity index (χ4v) is 6.08. The zero-order chi connectivity index (χ0) is 22.3. The van der Waals surface area contributed by atoms with E-state index < -0.39 is 34.8 Å². The number of thiophene rings is 1. The van der Waals surface area contributed by atoms with Crippen molar-refractivity contribution in [1.29, 1.82) is 0 Å². The molecule has 11 heteroatoms. The number of hydrogen-bond donors (Lipinski definition) is 3. The van der Waals surface area contributed by atoms with Crippen LogP contribution in [0.3, 0.4) is 0 Å². The van der Waals surface area contributed by atoms with Gasteiger partial charge >= 0.3 is 12.1 Å². The van der Waals surface area contributed by atoms with E-state index in [9.17, 15) is 32.7 Å². The van der Waals surface area contributed by atoms with Crippen LogP contribution in [0, 0.1) is 0 Å². The van der Waals surface area contributed by atoms with E-state index in [0.29, 0.717) is 11.3 Å². The third-order valence-corrected chi connectivity index (χ3v) is 7.62. The number of amides is 2. The van der Waals surface area contributed by atoms with Gasteiger partial charge in [0.1, 0.15) is 5.00 Å². The van der Waals surface area contributed by atoms with E-state index in [-0.39, 0.29) is 22.7 Å². The lowest BCUT2D eigenvalue weighted by molar-refractivity contribution is -0.137. The molecule has 0 saturated carbocycles. The summed E-state index contributed by atoms with van der Waals surface area (Å²) in [7, 11) is 0. The Morgan fingerprint density at radius 3 is 2.68 bits per heavy atom. The molecule has 0 saturated heterocycles. The molecule has 164 valence electrons. The zero-order valence-electron chi connectivity index (χ0n) is 16.0. The number of carbonyl (C=O) groups is 3. The minimum atomic E-state index is -4.52. The van der Waals surface area contributed by atoms with Crippen molar-refractivity contribution in [3.05, 3.63) is 39.8 Å². The number of aromatic carboxylic acids is 1. The molecular formula is C20H17F3N2O4S2. The molecular weight excluding hydrogens is 453 g/mol. The van der Waals surface area contributed by atoms with Crippen molar-refractivity contribution in [2.75, 3.05) is 10.6 Å². The molecule has 2 aliphatic rings. The second-order valence-corrected chi connectivity index (χ2v) is 9.63. The van der Waals surface area contributed by atoms with Crippen molar-refractivity contribution in [2.24, 2.45) is 0 Å². The van der Waals surface area contributed by atoms with Crippen molar-refractivity contribution < 1.29 is 32.7 Å². The average molecular weight is 470 g/mol. The Kier molecular flexibility index (Phi) is 5.73. The van der Waals surface area contributed by atoms with Gasteiger partial charge in [-0.2, -0.15) is 13.2 Å². The number of benzene rings is 1. The molecule has 0 fully saturated rings. The van der Waals surface area contributed by atoms with Crippen LogP contribution < -0.4 is 10.6 Å². The molecule has 2 heterocycles. The van der Waals surface area contributed by atoms with Gasteiger partial charge in [0.05, 0.1) is 22.1 Å². The predicted molar refractivity (Wildman–Crippen MR) is 111 cm³/mol. The summed E-state index contributed by atoms with van der Waals surface area (Å²) in [5.74, 6) is -2.20. The molecule has 1 aromatic carbocycles. The van der Waals surface area contributed by atoms with Gasteiger partial charge in [0, 0.05) is 16.2 Å². The predicted octanol–water partition coefficient (Wildman–Crippen LogP) is 4.79. The van der Waals surface area contributed by atoms with Crippen molar-refractivity contribution in [2.45, 2.75) is 48.4 Å². The summed E-state index contributed by atoms with van der Waals surface area (Å²) in [6.07, 6.45) is -1.48. The van der Waals surface area contributed by atoms with Crippen molar-refractivity contribution in [3.8, 4) is 0 Å². The average Bonchev–Trinajstić information content (AvgIpc) is 3.05. The molecule has 0 bridgehead atoms. The Labute approximate surface area is 183 Å². The topological polar surface area (TPSA) is 95.5 Å². The SMILES string of the molecule is O=C(CC1Sc2ccc(C(F)(F)F)cc2NC1=O)Nc1sc2c(c1C(=O)O)CCCC2. The maximum atomic E-state index is 12.9. The highest BCUT2D eigenvalue weighted by atomic mass is 32.2. The highest BCUT2D eigenvalue weighted by Crippen LogP contribution is 2.41. The molecule has 3 N–H and O–H groups in total. The van der Waals surface area contributed by atoms with Crippen LogP contribution in [0.15, 0.2) is 23.1 Å². The summed E-state index contributed by atoms with van der Waals surface area (Å²) >= 11 is 2.26. The van der Waals surface area contributed by atoms with E-state index in [1.807, 2.05) is 0 Å². The molecule has 31 heavy (non-hydrogen) atoms. The van der Waals surface area contributed by atoms with Gasteiger partial charge in [-0.3, -0.25) is 9.59 Å². The van der Waals surface area contributed by atoms with E-state index in [1.54, 1.807) is 0 Å². The van der Waals surface area contributed by atoms with Crippen LogP contribution >= 0.6 is 23.1 Å². The van der Waals surface area contributed by atoms with Crippen molar-refractivity contribution in [3.63, 3.8) is 0 Å². The highest BCUT2D eigenvalue weighted by molar-refractivity contribution is 8.01. The Morgan fingerprint density at radius 2 is 1.97 bits per heavy atom. The van der Waals surface area contributed by atoms with Crippen LogP contribution in [0.25, 0.3) is 0 Å². The standard InChI is InChI=1S/C20H17F3N2O4S2/c21-20(22,23)9-5-6-13-11(7-9)24-17(27)14(30-13)8-15(26)25-18-16(19(28)29)10-3-1-2-4-12(10)31-18/h5-7,14H,1-4,8H2,(H,24,27)(H,25,26)(H,28,29). The Bertz CT molecular complexity index is 1080. The number of fused-ring (bicyclic) bond motifs is 2. The summed E-state index contributed by atoms with van der Waals surface area (Å²) in [6, 6.07) is 3.06. The number of carboxylic acid groups (broad SMARTS) is 1. The summed E-state index contributed by atoms with van der Waals surface area (Å²) in [6.45, 7) is 0. The molecule has 2 aromatic rings. The van der Waals surface area contributed by atoms with Gasteiger partial charge in [-0.15, -0.1) is 23.1 Å². The molecule has 1 aliphatic carbocycles. The lowest BCUT2D eigenvalue weighted by Crippen LogP contribution is -2.32. The molecule has 2 amide bonds. The largest absolute Gasteiger partial charge is 0.478 e. The number of rotatable bonds is 4. The lowest BCUT2D eigenvalue weighted by atomic mass is 9.95. The van der Waals surface area contributed by atoms with Gasteiger partial charge < -0.3 is 15.7 Å². The van der Waals surface area contributed by atoms with E-state index in [1.165, 1.54) is 17.4 Å². The maximum absolute atomic E-state index is 12.9. The number of alkyl halides is 3. The Hall–Kier alpha value is -2.53. The third kappa shape index (κ3) is 4.42. The number of aryl methyl sites for hydroxylation is 1.